The van der Waals surface area contributed by atoms with Crippen LogP contribution in [-0.2, 0) is 0 Å². The first-order valence-electron chi connectivity index (χ1n) is 16.9. The van der Waals surface area contributed by atoms with Gasteiger partial charge in [0.1, 0.15) is 11.6 Å². The first-order valence-corrected chi connectivity index (χ1v) is 16.9. The van der Waals surface area contributed by atoms with Gasteiger partial charge in [0.25, 0.3) is 0 Å². The van der Waals surface area contributed by atoms with Gasteiger partial charge in [-0.05, 0) is 100 Å². The van der Waals surface area contributed by atoms with Crippen LogP contribution >= 0.6 is 0 Å². The molecule has 0 amide bonds. The Morgan fingerprint density at radius 2 is 0.920 bits per heavy atom. The lowest BCUT2D eigenvalue weighted by Crippen LogP contribution is -1.93. The number of fused-ring (bicyclic) bond motifs is 7. The predicted molar refractivity (Wildman–Crippen MR) is 202 cm³/mol. The van der Waals surface area contributed by atoms with Crippen molar-refractivity contribution in [2.75, 3.05) is 0 Å². The van der Waals surface area contributed by atoms with E-state index in [0.717, 1.165) is 44.6 Å². The zero-order chi connectivity index (χ0) is 33.1. The summed E-state index contributed by atoms with van der Waals surface area (Å²) in [5, 5.41) is 5.65. The van der Waals surface area contributed by atoms with E-state index < -0.39 is 11.6 Å². The molecule has 0 spiro atoms. The third kappa shape index (κ3) is 3.56. The fraction of sp³-hybridized carbons (Fsp3) is 0. The Hall–Kier alpha value is -6.45. The second-order valence-corrected chi connectivity index (χ2v) is 13.2. The summed E-state index contributed by atoms with van der Waals surface area (Å²) in [6.07, 6.45) is 1.74. The molecule has 0 aliphatic heterocycles. The van der Waals surface area contributed by atoms with Crippen molar-refractivity contribution in [2.45, 2.75) is 0 Å². The monoisotopic (exact) mass is 641 g/mol. The number of hydrogen-bond donors (Lipinski definition) is 0. The second-order valence-electron chi connectivity index (χ2n) is 13.2. The molecule has 2 aliphatic carbocycles. The summed E-state index contributed by atoms with van der Waals surface area (Å²) < 4.78 is 29.7. The smallest absolute Gasteiger partial charge is 0.134 e. The second kappa shape index (κ2) is 10.0. The number of nitrogens with zero attached hydrogens (tertiary/aromatic N) is 1. The van der Waals surface area contributed by atoms with Crippen LogP contribution in [0.4, 0.5) is 8.78 Å². The molecule has 0 bridgehead atoms. The van der Waals surface area contributed by atoms with E-state index >= 15 is 4.39 Å². The molecule has 3 heteroatoms. The van der Waals surface area contributed by atoms with Gasteiger partial charge in [-0.1, -0.05) is 127 Å². The predicted octanol–water partition coefficient (Wildman–Crippen LogP) is 13.1. The van der Waals surface area contributed by atoms with Gasteiger partial charge in [0, 0.05) is 28.8 Å². The van der Waals surface area contributed by atoms with Crippen molar-refractivity contribution in [3.8, 4) is 77.9 Å². The van der Waals surface area contributed by atoms with Crippen LogP contribution in [0.1, 0.15) is 0 Å². The van der Waals surface area contributed by atoms with Gasteiger partial charge in [0.2, 0.25) is 0 Å². The summed E-state index contributed by atoms with van der Waals surface area (Å²) in [5.41, 5.74) is 15.1. The molecule has 9 aromatic rings. The van der Waals surface area contributed by atoms with E-state index in [1.54, 1.807) is 6.20 Å². The number of aromatic nitrogens is 1. The van der Waals surface area contributed by atoms with Crippen molar-refractivity contribution in [3.63, 3.8) is 0 Å². The zero-order valence-corrected chi connectivity index (χ0v) is 26.6. The van der Waals surface area contributed by atoms with Crippen molar-refractivity contribution in [1.82, 2.24) is 4.98 Å². The van der Waals surface area contributed by atoms with Gasteiger partial charge in [0.15, 0.2) is 0 Å². The van der Waals surface area contributed by atoms with E-state index in [0.29, 0.717) is 11.1 Å². The van der Waals surface area contributed by atoms with Crippen LogP contribution in [0, 0.1) is 11.6 Å². The first-order chi connectivity index (χ1) is 24.7. The van der Waals surface area contributed by atoms with Gasteiger partial charge < -0.3 is 0 Å². The molecular formula is C47H25F2N. The summed E-state index contributed by atoms with van der Waals surface area (Å²) in [6, 6.07) is 49.7. The summed E-state index contributed by atoms with van der Waals surface area (Å²) in [7, 11) is 0. The van der Waals surface area contributed by atoms with Gasteiger partial charge >= 0.3 is 0 Å². The Bertz CT molecular complexity index is 2840. The minimum atomic E-state index is -0.580. The maximum Gasteiger partial charge on any atom is 0.134 e. The van der Waals surface area contributed by atoms with Crippen molar-refractivity contribution >= 4 is 32.4 Å². The molecule has 0 saturated heterocycles. The highest BCUT2D eigenvalue weighted by molar-refractivity contribution is 6.29. The normalized spacial score (nSPS) is 12.2. The van der Waals surface area contributed by atoms with E-state index in [-0.39, 0.29) is 0 Å². The van der Waals surface area contributed by atoms with E-state index in [4.69, 9.17) is 4.98 Å². The van der Waals surface area contributed by atoms with Crippen LogP contribution in [0.3, 0.4) is 0 Å². The molecule has 0 radical (unpaired) electrons. The Kier molecular flexibility index (Phi) is 5.52. The average Bonchev–Trinajstić information content (AvgIpc) is 3.66. The Balaban J connectivity index is 1.24. The van der Waals surface area contributed by atoms with Crippen LogP contribution in [0.25, 0.3) is 110 Å². The fourth-order valence-electron chi connectivity index (χ4n) is 8.82. The SMILES string of the molecule is Fc1cc(F)c2c(c1)-c1ccc(-c3ccc4c5c(cccc35)-c3c-4c(-c4ccccc4)c4ccccc4c3-c3ccccc3)c3nccc-2c13. The Labute approximate surface area is 286 Å². The van der Waals surface area contributed by atoms with Crippen LogP contribution in [0.2, 0.25) is 0 Å². The number of hydrogen-bond acceptors (Lipinski definition) is 1. The minimum absolute atomic E-state index is 0.441. The number of pyridine rings is 1. The lowest BCUT2D eigenvalue weighted by atomic mass is 9.82. The summed E-state index contributed by atoms with van der Waals surface area (Å²) >= 11 is 0. The molecule has 8 aromatic carbocycles. The first kappa shape index (κ1) is 27.5. The molecule has 0 unspecified atom stereocenters. The van der Waals surface area contributed by atoms with Gasteiger partial charge in [-0.3, -0.25) is 4.98 Å². The molecule has 1 heterocycles. The molecule has 0 saturated carbocycles. The van der Waals surface area contributed by atoms with Crippen molar-refractivity contribution < 1.29 is 8.78 Å². The molecule has 11 rings (SSSR count). The molecule has 0 N–H and O–H groups in total. The number of benzene rings is 8. The highest BCUT2D eigenvalue weighted by Crippen LogP contribution is 2.59. The molecule has 50 heavy (non-hydrogen) atoms. The highest BCUT2D eigenvalue weighted by atomic mass is 19.1. The number of rotatable bonds is 3. The van der Waals surface area contributed by atoms with Crippen molar-refractivity contribution in [2.24, 2.45) is 0 Å². The van der Waals surface area contributed by atoms with E-state index in [2.05, 4.69) is 121 Å². The van der Waals surface area contributed by atoms with Crippen molar-refractivity contribution in [1.29, 1.82) is 0 Å². The molecule has 1 aromatic heterocycles. The topological polar surface area (TPSA) is 12.9 Å². The van der Waals surface area contributed by atoms with Crippen LogP contribution in [0.15, 0.2) is 152 Å². The quantitative estimate of drug-likeness (QED) is 0.187. The Morgan fingerprint density at radius 1 is 0.360 bits per heavy atom. The van der Waals surface area contributed by atoms with Gasteiger partial charge in [-0.15, -0.1) is 0 Å². The molecule has 232 valence electrons. The molecule has 0 fully saturated rings. The third-order valence-electron chi connectivity index (χ3n) is 10.7. The molecular weight excluding hydrogens is 617 g/mol. The van der Waals surface area contributed by atoms with Gasteiger partial charge in [-0.25, -0.2) is 8.78 Å². The average molecular weight is 642 g/mol. The maximum absolute atomic E-state index is 15.3. The molecule has 1 nitrogen and oxygen atoms in total. The van der Waals surface area contributed by atoms with E-state index in [9.17, 15) is 4.39 Å². The van der Waals surface area contributed by atoms with E-state index in [1.165, 1.54) is 66.7 Å². The van der Waals surface area contributed by atoms with E-state index in [1.807, 2.05) is 12.1 Å². The zero-order valence-electron chi connectivity index (χ0n) is 26.6. The number of halogens is 2. The van der Waals surface area contributed by atoms with Gasteiger partial charge in [0.05, 0.1) is 5.52 Å². The summed E-state index contributed by atoms with van der Waals surface area (Å²) in [5.74, 6) is -1.13. The summed E-state index contributed by atoms with van der Waals surface area (Å²) in [4.78, 5) is 4.89. The minimum Gasteiger partial charge on any atom is -0.256 e. The third-order valence-corrected chi connectivity index (χ3v) is 10.7. The lowest BCUT2D eigenvalue weighted by Gasteiger charge is -2.20. The van der Waals surface area contributed by atoms with Crippen molar-refractivity contribution in [3.05, 3.63) is 163 Å². The Morgan fingerprint density at radius 3 is 1.62 bits per heavy atom. The van der Waals surface area contributed by atoms with Gasteiger partial charge in [-0.2, -0.15) is 0 Å². The maximum atomic E-state index is 15.3. The fourth-order valence-corrected chi connectivity index (χ4v) is 8.82. The standard InChI is InChI=1S/C47H25F2N/c48-28-24-38-33-19-20-34(47-44(33)37(22-23-50-47)43(38)39(49)25-28)29-18-21-36-42-30(29)16-9-17-35(42)45-40(26-10-3-1-4-11-26)31-14-7-8-15-32(31)41(46(36)45)27-12-5-2-6-13-27/h1-25H. The van der Waals surface area contributed by atoms with Crippen LogP contribution < -0.4 is 0 Å². The summed E-state index contributed by atoms with van der Waals surface area (Å²) in [6.45, 7) is 0. The van der Waals surface area contributed by atoms with Crippen LogP contribution in [-0.4, -0.2) is 4.98 Å². The largest absolute Gasteiger partial charge is 0.256 e. The molecule has 2 aliphatic rings. The highest BCUT2D eigenvalue weighted by Gasteiger charge is 2.32. The molecule has 0 atom stereocenters. The lowest BCUT2D eigenvalue weighted by molar-refractivity contribution is 0.587. The van der Waals surface area contributed by atoms with Crippen LogP contribution in [0.5, 0.6) is 0 Å².